The highest BCUT2D eigenvalue weighted by Gasteiger charge is 2.03. The Hall–Kier alpha value is -1.82. The van der Waals surface area contributed by atoms with E-state index in [0.29, 0.717) is 5.56 Å². The van der Waals surface area contributed by atoms with Crippen molar-refractivity contribution in [1.82, 2.24) is 9.97 Å². The molecule has 0 aliphatic carbocycles. The van der Waals surface area contributed by atoms with E-state index in [1.54, 1.807) is 12.4 Å². The van der Waals surface area contributed by atoms with Gasteiger partial charge < -0.3 is 4.98 Å². The summed E-state index contributed by atoms with van der Waals surface area (Å²) in [5.74, 6) is 0. The van der Waals surface area contributed by atoms with Gasteiger partial charge in [-0.05, 0) is 24.6 Å². The molecule has 0 saturated heterocycles. The highest BCUT2D eigenvalue weighted by molar-refractivity contribution is 5.80. The number of aromatic nitrogens is 2. The molecule has 1 aromatic carbocycles. The SMILES string of the molecule is Cc1c(C#N)ccc2[nH]cnc12. The zero-order valence-corrected chi connectivity index (χ0v) is 6.63. The summed E-state index contributed by atoms with van der Waals surface area (Å²) >= 11 is 0. The normalized spacial score (nSPS) is 10.0. The molecule has 2 rings (SSSR count). The van der Waals surface area contributed by atoms with Gasteiger partial charge >= 0.3 is 0 Å². The van der Waals surface area contributed by atoms with Gasteiger partial charge in [0.25, 0.3) is 0 Å². The fraction of sp³-hybridized carbons (Fsp3) is 0.111. The number of imidazole rings is 1. The van der Waals surface area contributed by atoms with E-state index in [-0.39, 0.29) is 0 Å². The van der Waals surface area contributed by atoms with Crippen LogP contribution in [0.5, 0.6) is 0 Å². The third-order valence-electron chi connectivity index (χ3n) is 1.97. The van der Waals surface area contributed by atoms with E-state index >= 15 is 0 Å². The number of nitrogens with zero attached hydrogens (tertiary/aromatic N) is 2. The van der Waals surface area contributed by atoms with Crippen LogP contribution >= 0.6 is 0 Å². The van der Waals surface area contributed by atoms with Crippen LogP contribution in [0.15, 0.2) is 18.5 Å². The summed E-state index contributed by atoms with van der Waals surface area (Å²) in [6, 6.07) is 5.79. The average molecular weight is 157 g/mol. The van der Waals surface area contributed by atoms with Crippen molar-refractivity contribution in [2.45, 2.75) is 6.92 Å². The highest BCUT2D eigenvalue weighted by Crippen LogP contribution is 2.17. The fourth-order valence-corrected chi connectivity index (χ4v) is 1.27. The lowest BCUT2D eigenvalue weighted by atomic mass is 10.1. The number of aromatic amines is 1. The molecular formula is C9H7N3. The lowest BCUT2D eigenvalue weighted by Crippen LogP contribution is -1.83. The summed E-state index contributed by atoms with van der Waals surface area (Å²) in [7, 11) is 0. The Morgan fingerprint density at radius 3 is 3.08 bits per heavy atom. The van der Waals surface area contributed by atoms with Crippen molar-refractivity contribution in [2.24, 2.45) is 0 Å². The minimum Gasteiger partial charge on any atom is -0.345 e. The molecule has 0 aliphatic heterocycles. The summed E-state index contributed by atoms with van der Waals surface area (Å²) in [5.41, 5.74) is 3.49. The summed E-state index contributed by atoms with van der Waals surface area (Å²) < 4.78 is 0. The number of benzene rings is 1. The Morgan fingerprint density at radius 2 is 2.33 bits per heavy atom. The van der Waals surface area contributed by atoms with Gasteiger partial charge in [0.15, 0.2) is 0 Å². The van der Waals surface area contributed by atoms with Gasteiger partial charge in [-0.25, -0.2) is 4.98 Å². The first-order valence-electron chi connectivity index (χ1n) is 3.65. The molecule has 0 unspecified atom stereocenters. The molecule has 0 atom stereocenters. The van der Waals surface area contributed by atoms with Crippen molar-refractivity contribution in [3.63, 3.8) is 0 Å². The standard InChI is InChI=1S/C9H7N3/c1-6-7(4-10)2-3-8-9(6)12-5-11-8/h2-3,5H,1H3,(H,11,12). The van der Waals surface area contributed by atoms with Crippen LogP contribution in [0.4, 0.5) is 0 Å². The number of H-pyrrole nitrogens is 1. The topological polar surface area (TPSA) is 52.5 Å². The van der Waals surface area contributed by atoms with Gasteiger partial charge in [-0.15, -0.1) is 0 Å². The van der Waals surface area contributed by atoms with Crippen molar-refractivity contribution in [3.8, 4) is 6.07 Å². The lowest BCUT2D eigenvalue weighted by Gasteiger charge is -1.95. The molecule has 2 aromatic rings. The van der Waals surface area contributed by atoms with Crippen LogP contribution in [0.2, 0.25) is 0 Å². The first-order chi connectivity index (χ1) is 5.83. The number of hydrogen-bond donors (Lipinski definition) is 1. The maximum Gasteiger partial charge on any atom is 0.0995 e. The van der Waals surface area contributed by atoms with Gasteiger partial charge in [0.05, 0.1) is 29.0 Å². The molecule has 0 saturated carbocycles. The Labute approximate surface area is 69.7 Å². The molecule has 0 radical (unpaired) electrons. The molecule has 0 fully saturated rings. The molecule has 1 aromatic heterocycles. The van der Waals surface area contributed by atoms with Gasteiger partial charge in [0.2, 0.25) is 0 Å². The molecule has 0 aliphatic rings. The van der Waals surface area contributed by atoms with Crippen molar-refractivity contribution in [3.05, 3.63) is 29.6 Å². The van der Waals surface area contributed by atoms with Gasteiger partial charge in [0, 0.05) is 0 Å². The summed E-state index contributed by atoms with van der Waals surface area (Å²) in [6.07, 6.45) is 1.64. The minimum absolute atomic E-state index is 0.689. The number of nitriles is 1. The second kappa shape index (κ2) is 2.35. The van der Waals surface area contributed by atoms with Crippen LogP contribution in [0.1, 0.15) is 11.1 Å². The second-order valence-corrected chi connectivity index (χ2v) is 2.65. The van der Waals surface area contributed by atoms with E-state index in [2.05, 4.69) is 16.0 Å². The van der Waals surface area contributed by atoms with Crippen LogP contribution in [-0.4, -0.2) is 9.97 Å². The van der Waals surface area contributed by atoms with E-state index in [0.717, 1.165) is 16.6 Å². The maximum atomic E-state index is 8.73. The number of fused-ring (bicyclic) bond motifs is 1. The van der Waals surface area contributed by atoms with Gasteiger partial charge in [-0.2, -0.15) is 5.26 Å². The summed E-state index contributed by atoms with van der Waals surface area (Å²) in [6.45, 7) is 1.90. The van der Waals surface area contributed by atoms with E-state index in [1.807, 2.05) is 13.0 Å². The fourth-order valence-electron chi connectivity index (χ4n) is 1.27. The van der Waals surface area contributed by atoms with Crippen LogP contribution in [0, 0.1) is 18.3 Å². The molecule has 1 N–H and O–H groups in total. The Balaban J connectivity index is 2.89. The highest BCUT2D eigenvalue weighted by atomic mass is 14.9. The van der Waals surface area contributed by atoms with Gasteiger partial charge in [-0.1, -0.05) is 0 Å². The number of hydrogen-bond acceptors (Lipinski definition) is 2. The molecule has 0 spiro atoms. The first-order valence-corrected chi connectivity index (χ1v) is 3.65. The van der Waals surface area contributed by atoms with E-state index in [9.17, 15) is 0 Å². The third kappa shape index (κ3) is 0.785. The monoisotopic (exact) mass is 157 g/mol. The summed E-state index contributed by atoms with van der Waals surface area (Å²) in [5, 5.41) is 8.73. The van der Waals surface area contributed by atoms with Crippen molar-refractivity contribution < 1.29 is 0 Å². The largest absolute Gasteiger partial charge is 0.345 e. The Bertz CT molecular complexity index is 462. The van der Waals surface area contributed by atoms with Crippen LogP contribution in [0.25, 0.3) is 11.0 Å². The average Bonchev–Trinajstić information content (AvgIpc) is 2.53. The lowest BCUT2D eigenvalue weighted by molar-refractivity contribution is 1.33. The number of nitrogens with one attached hydrogen (secondary N) is 1. The quantitative estimate of drug-likeness (QED) is 0.633. The zero-order chi connectivity index (χ0) is 8.55. The maximum absolute atomic E-state index is 8.73. The molecular weight excluding hydrogens is 150 g/mol. The van der Waals surface area contributed by atoms with Crippen molar-refractivity contribution in [1.29, 1.82) is 5.26 Å². The van der Waals surface area contributed by atoms with Gasteiger partial charge in [-0.3, -0.25) is 0 Å². The van der Waals surface area contributed by atoms with Crippen LogP contribution in [-0.2, 0) is 0 Å². The van der Waals surface area contributed by atoms with Crippen LogP contribution in [0.3, 0.4) is 0 Å². The first kappa shape index (κ1) is 6.86. The zero-order valence-electron chi connectivity index (χ0n) is 6.63. The van der Waals surface area contributed by atoms with E-state index in [4.69, 9.17) is 5.26 Å². The van der Waals surface area contributed by atoms with E-state index < -0.39 is 0 Å². The second-order valence-electron chi connectivity index (χ2n) is 2.65. The van der Waals surface area contributed by atoms with E-state index in [1.165, 1.54) is 0 Å². The third-order valence-corrected chi connectivity index (χ3v) is 1.97. The molecule has 3 heteroatoms. The van der Waals surface area contributed by atoms with Crippen molar-refractivity contribution >= 4 is 11.0 Å². The van der Waals surface area contributed by atoms with Gasteiger partial charge in [0.1, 0.15) is 0 Å². The number of rotatable bonds is 0. The predicted octanol–water partition coefficient (Wildman–Crippen LogP) is 1.74. The molecule has 0 bridgehead atoms. The van der Waals surface area contributed by atoms with Crippen molar-refractivity contribution in [2.75, 3.05) is 0 Å². The Kier molecular flexibility index (Phi) is 1.34. The van der Waals surface area contributed by atoms with Crippen LogP contribution < -0.4 is 0 Å². The molecule has 12 heavy (non-hydrogen) atoms. The minimum atomic E-state index is 0.689. The predicted molar refractivity (Wildman–Crippen MR) is 45.5 cm³/mol. The smallest absolute Gasteiger partial charge is 0.0995 e. The molecule has 3 nitrogen and oxygen atoms in total. The molecule has 1 heterocycles. The summed E-state index contributed by atoms with van der Waals surface area (Å²) in [4.78, 5) is 7.11. The molecule has 0 amide bonds. The molecule has 58 valence electrons. The Morgan fingerprint density at radius 1 is 1.50 bits per heavy atom. The number of aryl methyl sites for hydroxylation is 1.